The highest BCUT2D eigenvalue weighted by atomic mass is 32.2. The van der Waals surface area contributed by atoms with Crippen LogP contribution in [0.25, 0.3) is 0 Å². The number of amides is 2. The van der Waals surface area contributed by atoms with Crippen molar-refractivity contribution in [1.29, 1.82) is 0 Å². The van der Waals surface area contributed by atoms with E-state index in [1.54, 1.807) is 7.11 Å². The predicted molar refractivity (Wildman–Crippen MR) is 150 cm³/mol. The molecule has 4 heterocycles. The number of hydrogen-bond acceptors (Lipinski definition) is 12. The van der Waals surface area contributed by atoms with Crippen molar-refractivity contribution in [3.8, 4) is 0 Å². The molecule has 0 aliphatic carbocycles. The number of nitrogens with zero attached hydrogens (tertiary/aromatic N) is 3. The molecule has 1 aromatic carbocycles. The smallest absolute Gasteiger partial charge is 0.355 e. The Kier molecular flexibility index (Phi) is 9.29. The molecule has 2 aliphatic rings. The maximum atomic E-state index is 13.4. The van der Waals surface area contributed by atoms with Crippen molar-refractivity contribution in [2.24, 2.45) is 0 Å². The predicted octanol–water partition coefficient (Wildman–Crippen LogP) is 3.70. The fourth-order valence-electron chi connectivity index (χ4n) is 4.04. The first kappa shape index (κ1) is 27.8. The maximum Gasteiger partial charge on any atom is 0.355 e. The second kappa shape index (κ2) is 13.0. The van der Waals surface area contributed by atoms with Gasteiger partial charge >= 0.3 is 5.97 Å². The average Bonchev–Trinajstić information content (AvgIpc) is 3.69. The van der Waals surface area contributed by atoms with Crippen LogP contribution in [0.3, 0.4) is 0 Å². The number of aromatic nitrogens is 2. The number of methoxy groups -OCH3 is 1. The van der Waals surface area contributed by atoms with Crippen molar-refractivity contribution in [2.45, 2.75) is 28.5 Å². The van der Waals surface area contributed by atoms with E-state index in [0.717, 1.165) is 16.0 Å². The quantitative estimate of drug-likeness (QED) is 0.141. The highest BCUT2D eigenvalue weighted by molar-refractivity contribution is 8.01. The summed E-state index contributed by atoms with van der Waals surface area (Å²) in [4.78, 5) is 42.3. The van der Waals surface area contributed by atoms with Crippen LogP contribution in [0.4, 0.5) is 0 Å². The number of esters is 1. The molecule has 0 radical (unpaired) electrons. The standard InChI is InChI=1S/C25H24N4O6S4/c1-33-14-39-20(17-8-5-9-36-17)21(30)27-18-22(31)29-19(24(32)34-10-15-6-3-2-4-7-15)16(11-37-23(18)29)12-38-25-28-26-13-35-25/h2-9,13,18,20,23H,10-12,14H2,1H3,(H,27,30). The molecule has 1 fully saturated rings. The van der Waals surface area contributed by atoms with E-state index >= 15 is 0 Å². The van der Waals surface area contributed by atoms with Gasteiger partial charge in [0.05, 0.1) is 5.94 Å². The lowest BCUT2D eigenvalue weighted by Crippen LogP contribution is -2.70. The van der Waals surface area contributed by atoms with Gasteiger partial charge in [-0.15, -0.1) is 45.1 Å². The summed E-state index contributed by atoms with van der Waals surface area (Å²) < 4.78 is 16.0. The minimum atomic E-state index is -0.754. The number of β-lactam (4-membered cyclic amide) rings is 1. The number of fused-ring (bicyclic) bond motifs is 1. The Balaban J connectivity index is 1.32. The molecule has 0 saturated carbocycles. The van der Waals surface area contributed by atoms with Crippen molar-refractivity contribution >= 4 is 64.4 Å². The van der Waals surface area contributed by atoms with Gasteiger partial charge in [0.15, 0.2) is 0 Å². The Morgan fingerprint density at radius 1 is 1.26 bits per heavy atom. The number of nitrogens with one attached hydrogen (secondary N) is 1. The molecule has 14 heteroatoms. The molecule has 2 aromatic heterocycles. The third-order valence-electron chi connectivity index (χ3n) is 5.85. The van der Waals surface area contributed by atoms with Gasteiger partial charge in [0.25, 0.3) is 11.1 Å². The van der Waals surface area contributed by atoms with Gasteiger partial charge in [0.2, 0.25) is 12.3 Å². The first-order chi connectivity index (χ1) is 19.1. The monoisotopic (exact) mass is 604 g/mol. The summed E-state index contributed by atoms with van der Waals surface area (Å²) in [5.41, 5.74) is 1.77. The summed E-state index contributed by atoms with van der Waals surface area (Å²) in [5.74, 6) is -0.0326. The molecule has 0 spiro atoms. The Labute approximate surface area is 241 Å². The molecular formula is C25H24N4O6S4. The van der Waals surface area contributed by atoms with Gasteiger partial charge < -0.3 is 19.2 Å². The summed E-state index contributed by atoms with van der Waals surface area (Å²) in [6.07, 6.45) is 1.23. The molecule has 10 nitrogen and oxygen atoms in total. The van der Waals surface area contributed by atoms with E-state index in [4.69, 9.17) is 13.9 Å². The van der Waals surface area contributed by atoms with Gasteiger partial charge in [-0.05, 0) is 22.6 Å². The fourth-order valence-corrected chi connectivity index (χ4v) is 8.08. The maximum absolute atomic E-state index is 13.4. The lowest BCUT2D eigenvalue weighted by Gasteiger charge is -2.50. The van der Waals surface area contributed by atoms with Crippen LogP contribution >= 0.6 is 46.6 Å². The van der Waals surface area contributed by atoms with E-state index in [-0.39, 0.29) is 24.1 Å². The second-order valence-corrected chi connectivity index (χ2v) is 12.4. The Morgan fingerprint density at radius 2 is 2.10 bits per heavy atom. The van der Waals surface area contributed by atoms with Crippen LogP contribution in [0.2, 0.25) is 0 Å². The molecule has 2 aliphatic heterocycles. The van der Waals surface area contributed by atoms with Crippen LogP contribution in [0.15, 0.2) is 75.1 Å². The summed E-state index contributed by atoms with van der Waals surface area (Å²) >= 11 is 5.59. The largest absolute Gasteiger partial charge is 0.456 e. The summed E-state index contributed by atoms with van der Waals surface area (Å²) in [5, 5.41) is 11.8. The average molecular weight is 605 g/mol. The summed E-state index contributed by atoms with van der Waals surface area (Å²) in [6.45, 7) is 0.0759. The van der Waals surface area contributed by atoms with Gasteiger partial charge in [-0.3, -0.25) is 14.5 Å². The van der Waals surface area contributed by atoms with Crippen molar-refractivity contribution in [3.05, 3.63) is 75.9 Å². The van der Waals surface area contributed by atoms with E-state index in [0.29, 0.717) is 22.7 Å². The molecule has 3 unspecified atom stereocenters. The molecule has 1 saturated heterocycles. The molecule has 204 valence electrons. The SMILES string of the molecule is COCSC(C(=O)NC1C(=O)N2C(C(=O)OCc3ccccc3)=C(CSc3nnco3)CSC12)c1cccs1. The molecule has 5 rings (SSSR count). The highest BCUT2D eigenvalue weighted by Gasteiger charge is 2.54. The van der Waals surface area contributed by atoms with Crippen LogP contribution in [-0.4, -0.2) is 68.9 Å². The Morgan fingerprint density at radius 3 is 2.82 bits per heavy atom. The normalized spacial score (nSPS) is 19.3. The number of thioether (sulfide) groups is 3. The molecule has 0 bridgehead atoms. The zero-order valence-corrected chi connectivity index (χ0v) is 23.9. The van der Waals surface area contributed by atoms with Crippen LogP contribution < -0.4 is 5.32 Å². The lowest BCUT2D eigenvalue weighted by atomic mass is 10.0. The molecule has 3 atom stereocenters. The zero-order chi connectivity index (χ0) is 27.2. The van der Waals surface area contributed by atoms with Gasteiger partial charge in [0, 0.05) is 23.5 Å². The van der Waals surface area contributed by atoms with E-state index in [9.17, 15) is 14.4 Å². The van der Waals surface area contributed by atoms with E-state index in [2.05, 4.69) is 15.5 Å². The number of ether oxygens (including phenoxy) is 2. The first-order valence-corrected chi connectivity index (χ1v) is 15.7. The minimum absolute atomic E-state index is 0.0759. The highest BCUT2D eigenvalue weighted by Crippen LogP contribution is 2.42. The number of benzene rings is 1. The Hall–Kier alpha value is -2.78. The first-order valence-electron chi connectivity index (χ1n) is 11.8. The molecule has 3 aromatic rings. The molecule has 1 N–H and O–H groups in total. The van der Waals surface area contributed by atoms with Crippen LogP contribution in [0, 0.1) is 0 Å². The van der Waals surface area contributed by atoms with Gasteiger partial charge in [-0.25, -0.2) is 4.79 Å². The number of carbonyl (C=O) groups is 3. The molecule has 2 amide bonds. The van der Waals surface area contributed by atoms with Crippen molar-refractivity contribution in [2.75, 3.05) is 24.6 Å². The van der Waals surface area contributed by atoms with Crippen molar-refractivity contribution in [1.82, 2.24) is 20.4 Å². The third-order valence-corrected chi connectivity index (χ3v) is 10.4. The van der Waals surface area contributed by atoms with Crippen LogP contribution in [-0.2, 0) is 30.5 Å². The summed E-state index contributed by atoms with van der Waals surface area (Å²) in [7, 11) is 1.57. The van der Waals surface area contributed by atoms with E-state index < -0.39 is 22.6 Å². The van der Waals surface area contributed by atoms with E-state index in [1.165, 1.54) is 57.9 Å². The minimum Gasteiger partial charge on any atom is -0.456 e. The topological polar surface area (TPSA) is 124 Å². The fraction of sp³-hybridized carbons (Fsp3) is 0.320. The lowest BCUT2D eigenvalue weighted by molar-refractivity contribution is -0.153. The second-order valence-electron chi connectivity index (χ2n) is 8.37. The van der Waals surface area contributed by atoms with Gasteiger partial charge in [-0.1, -0.05) is 48.2 Å². The van der Waals surface area contributed by atoms with Gasteiger partial charge in [0.1, 0.15) is 29.0 Å². The Bertz CT molecular complexity index is 1320. The number of thiophene rings is 1. The van der Waals surface area contributed by atoms with Gasteiger partial charge in [-0.2, -0.15) is 0 Å². The summed E-state index contributed by atoms with van der Waals surface area (Å²) in [6, 6.07) is 12.3. The van der Waals surface area contributed by atoms with E-state index in [1.807, 2.05) is 47.8 Å². The number of hydrogen-bond donors (Lipinski definition) is 1. The third kappa shape index (κ3) is 6.35. The van der Waals surface area contributed by atoms with Crippen LogP contribution in [0.5, 0.6) is 0 Å². The number of rotatable bonds is 12. The van der Waals surface area contributed by atoms with Crippen molar-refractivity contribution in [3.63, 3.8) is 0 Å². The van der Waals surface area contributed by atoms with Crippen molar-refractivity contribution < 1.29 is 28.3 Å². The number of carbonyl (C=O) groups excluding carboxylic acids is 3. The van der Waals surface area contributed by atoms with Crippen LogP contribution in [0.1, 0.15) is 15.7 Å². The zero-order valence-electron chi connectivity index (χ0n) is 20.7. The molecule has 39 heavy (non-hydrogen) atoms. The molecular weight excluding hydrogens is 581 g/mol.